The number of benzene rings is 2. The van der Waals surface area contributed by atoms with Gasteiger partial charge in [0.15, 0.2) is 10.8 Å². The van der Waals surface area contributed by atoms with Crippen molar-refractivity contribution in [2.75, 3.05) is 5.75 Å². The minimum Gasteiger partial charge on any atom is -0.324 e. The highest BCUT2D eigenvalue weighted by atomic mass is 32.2. The molecule has 1 amide bonds. The number of amidine groups is 1. The number of carbonyl (C=O) groups excluding carboxylic acids is 1. The van der Waals surface area contributed by atoms with Gasteiger partial charge < -0.3 is 9.88 Å². The average Bonchev–Trinajstić information content (AvgIpc) is 3.21. The molecule has 35 heavy (non-hydrogen) atoms. The quantitative estimate of drug-likeness (QED) is 0.380. The van der Waals surface area contributed by atoms with E-state index < -0.39 is 0 Å². The van der Waals surface area contributed by atoms with Gasteiger partial charge in [0, 0.05) is 17.7 Å². The third-order valence-electron chi connectivity index (χ3n) is 5.80. The topological polar surface area (TPSA) is 97.4 Å². The van der Waals surface area contributed by atoms with Crippen molar-refractivity contribution in [3.8, 4) is 0 Å². The van der Waals surface area contributed by atoms with Gasteiger partial charge in [0.1, 0.15) is 5.52 Å². The molecule has 0 saturated heterocycles. The number of fused-ring (bicyclic) bond motifs is 3. The van der Waals surface area contributed by atoms with Crippen molar-refractivity contribution in [3.05, 3.63) is 59.7 Å². The lowest BCUT2D eigenvalue weighted by molar-refractivity contribution is -0.119. The Kier molecular flexibility index (Phi) is 6.83. The summed E-state index contributed by atoms with van der Waals surface area (Å²) in [6.07, 6.45) is 0.616. The number of carbonyl (C=O) groups is 1. The first-order valence-electron chi connectivity index (χ1n) is 11.5. The molecule has 5 rings (SSSR count). The highest BCUT2D eigenvalue weighted by Crippen LogP contribution is 2.29. The van der Waals surface area contributed by atoms with Gasteiger partial charge in [-0.15, -0.1) is 15.3 Å². The smallest absolute Gasteiger partial charge is 0.239 e. The second-order valence-corrected chi connectivity index (χ2v) is 10.3. The van der Waals surface area contributed by atoms with Gasteiger partial charge in [0.25, 0.3) is 0 Å². The number of para-hydroxylation sites is 1. The summed E-state index contributed by atoms with van der Waals surface area (Å²) >= 11 is 2.79. The Morgan fingerprint density at radius 2 is 1.91 bits per heavy atom. The van der Waals surface area contributed by atoms with E-state index in [2.05, 4.69) is 62.3 Å². The van der Waals surface area contributed by atoms with Gasteiger partial charge in [-0.3, -0.25) is 4.79 Å². The van der Waals surface area contributed by atoms with Crippen molar-refractivity contribution < 1.29 is 4.79 Å². The fourth-order valence-electron chi connectivity index (χ4n) is 3.94. The molecule has 1 N–H and O–H groups in total. The summed E-state index contributed by atoms with van der Waals surface area (Å²) < 4.78 is 2.13. The summed E-state index contributed by atoms with van der Waals surface area (Å²) in [5, 5.41) is 21.9. The molecule has 2 aromatic carbocycles. The average molecular weight is 504 g/mol. The van der Waals surface area contributed by atoms with Crippen molar-refractivity contribution in [1.29, 1.82) is 0 Å². The van der Waals surface area contributed by atoms with Crippen LogP contribution in [-0.2, 0) is 11.3 Å². The summed E-state index contributed by atoms with van der Waals surface area (Å²) in [6, 6.07) is 16.3. The molecule has 1 atom stereocenters. The summed E-state index contributed by atoms with van der Waals surface area (Å²) in [7, 11) is 0. The zero-order valence-electron chi connectivity index (χ0n) is 19.7. The van der Waals surface area contributed by atoms with Crippen LogP contribution in [0, 0.1) is 6.92 Å². The van der Waals surface area contributed by atoms with E-state index >= 15 is 0 Å². The summed E-state index contributed by atoms with van der Waals surface area (Å²) in [5.41, 5.74) is 5.78. The van der Waals surface area contributed by atoms with Crippen molar-refractivity contribution in [3.63, 3.8) is 0 Å². The largest absolute Gasteiger partial charge is 0.324 e. The van der Waals surface area contributed by atoms with Crippen LogP contribution in [0.4, 0.5) is 0 Å². The molecule has 0 bridgehead atoms. The van der Waals surface area contributed by atoms with Gasteiger partial charge in [-0.25, -0.2) is 4.98 Å². The SMILES string of the molecule is CCC(Sc1nnc2c3ccccc3n(CC)c2n1)C(=O)NC1=NN=C(c2ccc(C)cc2)CS1. The molecule has 0 radical (unpaired) electrons. The number of hydrogen-bond donors (Lipinski definition) is 1. The normalized spacial score (nSPS) is 14.6. The third-order valence-corrected chi connectivity index (χ3v) is 7.89. The standard InChI is InChI=1S/C25H25N7OS2/c1-4-20(23(33)27-24-30-28-18(14-34-24)16-12-10-15(3)11-13-16)35-25-26-22-21(29-31-25)17-8-6-7-9-19(17)32(22)5-2/h6-13,20H,4-5,14H2,1-3H3,(H,27,30,33). The van der Waals surface area contributed by atoms with Crippen molar-refractivity contribution >= 4 is 62.4 Å². The first kappa shape index (κ1) is 23.5. The lowest BCUT2D eigenvalue weighted by Gasteiger charge is -2.16. The predicted molar refractivity (Wildman–Crippen MR) is 144 cm³/mol. The maximum atomic E-state index is 13.0. The van der Waals surface area contributed by atoms with Crippen LogP contribution in [0.15, 0.2) is 63.9 Å². The number of hydrogen-bond acceptors (Lipinski definition) is 8. The summed E-state index contributed by atoms with van der Waals surface area (Å²) in [5.74, 6) is 0.509. The second kappa shape index (κ2) is 10.2. The number of rotatable bonds is 6. The van der Waals surface area contributed by atoms with Crippen LogP contribution in [0.2, 0.25) is 0 Å². The molecule has 3 heterocycles. The summed E-state index contributed by atoms with van der Waals surface area (Å²) in [6.45, 7) is 6.87. The zero-order chi connectivity index (χ0) is 24.4. The maximum absolute atomic E-state index is 13.0. The Morgan fingerprint density at radius 1 is 1.11 bits per heavy atom. The van der Waals surface area contributed by atoms with Gasteiger partial charge in [0.2, 0.25) is 11.1 Å². The minimum atomic E-state index is -0.375. The molecule has 1 aliphatic heterocycles. The Morgan fingerprint density at radius 3 is 2.63 bits per heavy atom. The van der Waals surface area contributed by atoms with Crippen molar-refractivity contribution in [1.82, 2.24) is 25.1 Å². The van der Waals surface area contributed by atoms with E-state index in [1.807, 2.05) is 37.3 Å². The predicted octanol–water partition coefficient (Wildman–Crippen LogP) is 4.80. The highest BCUT2D eigenvalue weighted by Gasteiger charge is 2.24. The van der Waals surface area contributed by atoms with Crippen LogP contribution in [0.5, 0.6) is 0 Å². The first-order valence-corrected chi connectivity index (χ1v) is 13.4. The number of aryl methyl sites for hydroxylation is 2. The van der Waals surface area contributed by atoms with Gasteiger partial charge in [-0.2, -0.15) is 5.10 Å². The van der Waals surface area contributed by atoms with E-state index in [0.29, 0.717) is 22.5 Å². The maximum Gasteiger partial charge on any atom is 0.239 e. The van der Waals surface area contributed by atoms with Crippen molar-refractivity contribution in [2.24, 2.45) is 10.2 Å². The van der Waals surface area contributed by atoms with E-state index in [9.17, 15) is 4.79 Å². The number of amides is 1. The lowest BCUT2D eigenvalue weighted by atomic mass is 10.1. The monoisotopic (exact) mass is 503 g/mol. The minimum absolute atomic E-state index is 0.141. The molecule has 10 heteroatoms. The molecule has 1 unspecified atom stereocenters. The molecule has 1 aliphatic rings. The first-order chi connectivity index (χ1) is 17.1. The highest BCUT2D eigenvalue weighted by molar-refractivity contribution is 8.14. The summed E-state index contributed by atoms with van der Waals surface area (Å²) in [4.78, 5) is 17.8. The van der Waals surface area contributed by atoms with E-state index in [1.165, 1.54) is 29.1 Å². The molecular weight excluding hydrogens is 478 g/mol. The Labute approximate surface area is 211 Å². The van der Waals surface area contributed by atoms with Gasteiger partial charge in [-0.1, -0.05) is 78.5 Å². The fourth-order valence-corrected chi connectivity index (χ4v) is 5.53. The van der Waals surface area contributed by atoms with Gasteiger partial charge >= 0.3 is 0 Å². The van der Waals surface area contributed by atoms with Crippen LogP contribution >= 0.6 is 23.5 Å². The molecule has 0 spiro atoms. The molecule has 2 aromatic heterocycles. The Hall–Kier alpha value is -3.24. The molecule has 0 aliphatic carbocycles. The molecule has 178 valence electrons. The van der Waals surface area contributed by atoms with Crippen LogP contribution in [0.3, 0.4) is 0 Å². The van der Waals surface area contributed by atoms with Crippen LogP contribution < -0.4 is 5.32 Å². The number of thioether (sulfide) groups is 2. The third kappa shape index (κ3) is 4.81. The number of aromatic nitrogens is 4. The van der Waals surface area contributed by atoms with Crippen LogP contribution in [0.25, 0.3) is 22.1 Å². The molecule has 0 saturated carbocycles. The Balaban J connectivity index is 1.31. The second-order valence-electron chi connectivity index (χ2n) is 8.14. The lowest BCUT2D eigenvalue weighted by Crippen LogP contribution is -2.37. The molecule has 8 nitrogen and oxygen atoms in total. The molecule has 0 fully saturated rings. The van der Waals surface area contributed by atoms with E-state index in [-0.39, 0.29) is 11.2 Å². The van der Waals surface area contributed by atoms with Gasteiger partial charge in [0.05, 0.1) is 16.5 Å². The Bertz CT molecular complexity index is 1460. The van der Waals surface area contributed by atoms with E-state index in [4.69, 9.17) is 4.98 Å². The van der Waals surface area contributed by atoms with E-state index in [0.717, 1.165) is 39.9 Å². The number of nitrogens with zero attached hydrogens (tertiary/aromatic N) is 6. The van der Waals surface area contributed by atoms with Crippen LogP contribution in [-0.4, -0.2) is 47.5 Å². The zero-order valence-corrected chi connectivity index (χ0v) is 21.4. The van der Waals surface area contributed by atoms with E-state index in [1.54, 1.807) is 0 Å². The molecular formula is C25H25N7OS2. The van der Waals surface area contributed by atoms with Gasteiger partial charge in [-0.05, 0) is 31.9 Å². The van der Waals surface area contributed by atoms with Crippen molar-refractivity contribution in [2.45, 2.75) is 44.1 Å². The number of nitrogens with one attached hydrogen (secondary N) is 1. The fraction of sp³-hybridized carbons (Fsp3) is 0.280. The molecule has 4 aromatic rings. The van der Waals surface area contributed by atoms with Crippen LogP contribution in [0.1, 0.15) is 31.4 Å².